The average molecular weight is 305 g/mol. The lowest BCUT2D eigenvalue weighted by Gasteiger charge is -2.28. The van der Waals surface area contributed by atoms with Gasteiger partial charge in [0.05, 0.1) is 0 Å². The van der Waals surface area contributed by atoms with Crippen molar-refractivity contribution in [1.82, 2.24) is 0 Å². The summed E-state index contributed by atoms with van der Waals surface area (Å²) in [6.45, 7) is 9.18. The Kier molecular flexibility index (Phi) is 12.1. The largest absolute Gasteiger partial charge is 0.567 e. The third-order valence-corrected chi connectivity index (χ3v) is 6.03. The van der Waals surface area contributed by atoms with Crippen molar-refractivity contribution in [2.45, 2.75) is 78.7 Å². The van der Waals surface area contributed by atoms with Crippen molar-refractivity contribution >= 4 is 14.8 Å². The molecule has 0 bridgehead atoms. The lowest BCUT2D eigenvalue weighted by molar-refractivity contribution is -0.139. The minimum Gasteiger partial charge on any atom is -0.473 e. The van der Waals surface area contributed by atoms with Crippen LogP contribution < -0.4 is 0 Å². The fourth-order valence-electron chi connectivity index (χ4n) is 2.07. The van der Waals surface area contributed by atoms with Crippen molar-refractivity contribution < 1.29 is 18.1 Å². The van der Waals surface area contributed by atoms with Gasteiger partial charge in [-0.05, 0) is 26.7 Å². The summed E-state index contributed by atoms with van der Waals surface area (Å²) in [7, 11) is -2.81. The first kappa shape index (κ1) is 19.6. The van der Waals surface area contributed by atoms with Crippen LogP contribution in [0.3, 0.4) is 0 Å². The van der Waals surface area contributed by atoms with E-state index in [9.17, 15) is 4.79 Å². The Morgan fingerprint density at radius 2 is 1.40 bits per heavy atom. The Balaban J connectivity index is 4.49. The predicted molar refractivity (Wildman–Crippen MR) is 83.6 cm³/mol. The Morgan fingerprint density at radius 1 is 0.850 bits per heavy atom. The first-order valence-electron chi connectivity index (χ1n) is 8.13. The molecule has 0 saturated carbocycles. The summed E-state index contributed by atoms with van der Waals surface area (Å²) in [5, 5.41) is 0. The quantitative estimate of drug-likeness (QED) is 0.375. The van der Waals surface area contributed by atoms with Gasteiger partial charge in [-0.3, -0.25) is 4.79 Å². The second kappa shape index (κ2) is 12.4. The van der Waals surface area contributed by atoms with Gasteiger partial charge in [0.1, 0.15) is 0 Å². The average Bonchev–Trinajstić information content (AvgIpc) is 2.40. The zero-order valence-electron chi connectivity index (χ0n) is 13.7. The van der Waals surface area contributed by atoms with Gasteiger partial charge in [-0.25, -0.2) is 0 Å². The van der Waals surface area contributed by atoms with Crippen LogP contribution in [0.4, 0.5) is 0 Å². The summed E-state index contributed by atoms with van der Waals surface area (Å²) in [4.78, 5) is 12.0. The summed E-state index contributed by atoms with van der Waals surface area (Å²) in [6, 6.07) is 0.738. The van der Waals surface area contributed by atoms with Crippen molar-refractivity contribution in [3.63, 3.8) is 0 Å². The smallest absolute Gasteiger partial charge is 0.473 e. The first-order chi connectivity index (χ1) is 9.64. The molecule has 0 fully saturated rings. The molecule has 0 radical (unpaired) electrons. The number of rotatable bonds is 13. The molecular weight excluding hydrogens is 272 g/mol. The third kappa shape index (κ3) is 8.71. The van der Waals surface area contributed by atoms with Crippen LogP contribution in [0.5, 0.6) is 0 Å². The Labute approximate surface area is 125 Å². The summed E-state index contributed by atoms with van der Waals surface area (Å²) >= 11 is 0. The molecule has 5 heteroatoms. The van der Waals surface area contributed by atoms with Crippen LogP contribution in [0, 0.1) is 0 Å². The molecule has 0 atom stereocenters. The Morgan fingerprint density at radius 3 is 1.90 bits per heavy atom. The van der Waals surface area contributed by atoms with Crippen LogP contribution >= 0.6 is 0 Å². The predicted octanol–water partition coefficient (Wildman–Crippen LogP) is 4.31. The van der Waals surface area contributed by atoms with E-state index in [2.05, 4.69) is 13.8 Å². The van der Waals surface area contributed by atoms with Crippen LogP contribution in [0.1, 0.15) is 72.6 Å². The molecule has 0 aliphatic heterocycles. The molecule has 0 unspecified atom stereocenters. The molecule has 0 aromatic carbocycles. The van der Waals surface area contributed by atoms with E-state index in [1.807, 2.05) is 13.8 Å². The highest BCUT2D eigenvalue weighted by atomic mass is 28.4. The maximum absolute atomic E-state index is 12.0. The van der Waals surface area contributed by atoms with Gasteiger partial charge in [0, 0.05) is 25.7 Å². The van der Waals surface area contributed by atoms with E-state index < -0.39 is 8.80 Å². The van der Waals surface area contributed by atoms with E-state index in [-0.39, 0.29) is 5.97 Å². The van der Waals surface area contributed by atoms with Gasteiger partial charge in [-0.2, -0.15) is 0 Å². The molecule has 120 valence electrons. The van der Waals surface area contributed by atoms with Crippen molar-refractivity contribution in [3.8, 4) is 0 Å². The SMILES string of the molecule is CCCCCC(=O)O[Si](CCCCC)(OCC)OCC. The molecule has 0 spiro atoms. The highest BCUT2D eigenvalue weighted by Gasteiger charge is 2.43. The number of hydrogen-bond donors (Lipinski definition) is 0. The van der Waals surface area contributed by atoms with Crippen LogP contribution in [0.15, 0.2) is 0 Å². The fourth-order valence-corrected chi connectivity index (χ4v) is 4.67. The molecule has 0 aromatic rings. The topological polar surface area (TPSA) is 44.8 Å². The van der Waals surface area contributed by atoms with Gasteiger partial charge in [-0.15, -0.1) is 0 Å². The molecule has 0 rings (SSSR count). The Hall–Kier alpha value is -0.393. The van der Waals surface area contributed by atoms with Crippen LogP contribution in [-0.2, 0) is 18.1 Å². The van der Waals surface area contributed by atoms with Gasteiger partial charge in [0.15, 0.2) is 0 Å². The molecule has 0 aliphatic rings. The third-order valence-electron chi connectivity index (χ3n) is 3.07. The molecular formula is C15H32O4Si. The molecule has 0 heterocycles. The van der Waals surface area contributed by atoms with Crippen LogP contribution in [0.2, 0.25) is 6.04 Å². The minimum absolute atomic E-state index is 0.163. The van der Waals surface area contributed by atoms with Gasteiger partial charge in [-0.1, -0.05) is 39.5 Å². The zero-order valence-corrected chi connectivity index (χ0v) is 14.7. The maximum Gasteiger partial charge on any atom is 0.567 e. The lowest BCUT2D eigenvalue weighted by Crippen LogP contribution is -2.47. The van der Waals surface area contributed by atoms with Gasteiger partial charge in [0.25, 0.3) is 5.97 Å². The monoisotopic (exact) mass is 304 g/mol. The van der Waals surface area contributed by atoms with Gasteiger partial charge >= 0.3 is 8.80 Å². The summed E-state index contributed by atoms with van der Waals surface area (Å²) in [5.74, 6) is -0.163. The van der Waals surface area contributed by atoms with Gasteiger partial charge < -0.3 is 13.3 Å². The van der Waals surface area contributed by atoms with E-state index in [4.69, 9.17) is 13.3 Å². The molecule has 0 aromatic heterocycles. The van der Waals surface area contributed by atoms with Gasteiger partial charge in [0.2, 0.25) is 0 Å². The first-order valence-corrected chi connectivity index (χ1v) is 10.1. The van der Waals surface area contributed by atoms with Crippen LogP contribution in [0.25, 0.3) is 0 Å². The van der Waals surface area contributed by atoms with E-state index >= 15 is 0 Å². The Bertz CT molecular complexity index is 240. The molecule has 4 nitrogen and oxygen atoms in total. The number of carbonyl (C=O) groups is 1. The maximum atomic E-state index is 12.0. The number of hydrogen-bond acceptors (Lipinski definition) is 4. The van der Waals surface area contributed by atoms with Crippen molar-refractivity contribution in [1.29, 1.82) is 0 Å². The van der Waals surface area contributed by atoms with E-state index in [0.717, 1.165) is 44.6 Å². The summed E-state index contributed by atoms with van der Waals surface area (Å²) in [6.07, 6.45) is 6.75. The number of carbonyl (C=O) groups excluding carboxylic acids is 1. The van der Waals surface area contributed by atoms with Crippen molar-refractivity contribution in [2.24, 2.45) is 0 Å². The standard InChI is InChI=1S/C15H32O4Si/c1-5-9-11-13-15(16)19-20(17-7-3,18-8-4)14-12-10-6-2/h5-14H2,1-4H3. The minimum atomic E-state index is -2.81. The normalized spacial score (nSPS) is 11.6. The highest BCUT2D eigenvalue weighted by molar-refractivity contribution is 6.62. The molecule has 0 saturated heterocycles. The van der Waals surface area contributed by atoms with Crippen molar-refractivity contribution in [2.75, 3.05) is 13.2 Å². The molecule has 20 heavy (non-hydrogen) atoms. The summed E-state index contributed by atoms with van der Waals surface area (Å²) in [5.41, 5.74) is 0. The highest BCUT2D eigenvalue weighted by Crippen LogP contribution is 2.21. The molecule has 0 aliphatic carbocycles. The molecule has 0 amide bonds. The fraction of sp³-hybridized carbons (Fsp3) is 0.933. The number of unbranched alkanes of at least 4 members (excludes halogenated alkanes) is 4. The summed E-state index contributed by atoms with van der Waals surface area (Å²) < 4.78 is 17.2. The van der Waals surface area contributed by atoms with E-state index in [1.165, 1.54) is 0 Å². The zero-order chi connectivity index (χ0) is 15.3. The van der Waals surface area contributed by atoms with Crippen molar-refractivity contribution in [3.05, 3.63) is 0 Å². The van der Waals surface area contributed by atoms with Crippen LogP contribution in [-0.4, -0.2) is 28.0 Å². The second-order valence-corrected chi connectivity index (χ2v) is 7.58. The van der Waals surface area contributed by atoms with E-state index in [1.54, 1.807) is 0 Å². The lowest BCUT2D eigenvalue weighted by atomic mass is 10.2. The van der Waals surface area contributed by atoms with E-state index in [0.29, 0.717) is 19.6 Å². The molecule has 0 N–H and O–H groups in total. The second-order valence-electron chi connectivity index (χ2n) is 4.94.